The molecular formula is C19H31NO. The van der Waals surface area contributed by atoms with Crippen molar-refractivity contribution >= 4 is 0 Å². The van der Waals surface area contributed by atoms with Crippen LogP contribution in [0.25, 0.3) is 0 Å². The smallest absolute Gasteiger partial charge is 0.119 e. The van der Waals surface area contributed by atoms with Crippen molar-refractivity contribution in [1.82, 2.24) is 0 Å². The monoisotopic (exact) mass is 289 g/mol. The number of hydrogen-bond acceptors (Lipinski definition) is 2. The third kappa shape index (κ3) is 4.00. The second kappa shape index (κ2) is 6.39. The highest BCUT2D eigenvalue weighted by Crippen LogP contribution is 2.42. The first-order valence-electron chi connectivity index (χ1n) is 8.37. The first-order chi connectivity index (χ1) is 9.85. The Balaban J connectivity index is 2.11. The number of hydrogen-bond donors (Lipinski definition) is 1. The predicted molar refractivity (Wildman–Crippen MR) is 89.5 cm³/mol. The van der Waals surface area contributed by atoms with Crippen LogP contribution in [0, 0.1) is 11.3 Å². The van der Waals surface area contributed by atoms with Crippen LogP contribution in [0.1, 0.15) is 65.4 Å². The van der Waals surface area contributed by atoms with Gasteiger partial charge in [0.25, 0.3) is 0 Å². The molecule has 1 aromatic rings. The normalized spacial score (nSPS) is 27.2. The topological polar surface area (TPSA) is 35.2 Å². The molecule has 1 saturated carbocycles. The maximum absolute atomic E-state index is 6.77. The van der Waals surface area contributed by atoms with E-state index < -0.39 is 0 Å². The lowest BCUT2D eigenvalue weighted by atomic mass is 9.75. The molecule has 21 heavy (non-hydrogen) atoms. The van der Waals surface area contributed by atoms with Crippen molar-refractivity contribution in [2.75, 3.05) is 6.61 Å². The van der Waals surface area contributed by atoms with Gasteiger partial charge >= 0.3 is 0 Å². The summed E-state index contributed by atoms with van der Waals surface area (Å²) in [5.74, 6) is 1.72. The van der Waals surface area contributed by atoms with Crippen molar-refractivity contribution < 1.29 is 4.74 Å². The fourth-order valence-electron chi connectivity index (χ4n) is 3.57. The van der Waals surface area contributed by atoms with Gasteiger partial charge in [0.1, 0.15) is 5.75 Å². The van der Waals surface area contributed by atoms with Crippen LogP contribution in [-0.2, 0) is 5.54 Å². The van der Waals surface area contributed by atoms with Gasteiger partial charge in [-0.1, -0.05) is 39.3 Å². The first-order valence-corrected chi connectivity index (χ1v) is 8.37. The van der Waals surface area contributed by atoms with Crippen LogP contribution in [0.2, 0.25) is 0 Å². The van der Waals surface area contributed by atoms with Crippen LogP contribution in [0.5, 0.6) is 5.75 Å². The molecule has 0 heterocycles. The highest BCUT2D eigenvalue weighted by atomic mass is 16.5. The maximum Gasteiger partial charge on any atom is 0.119 e. The number of ether oxygens (including phenoxy) is 1. The summed E-state index contributed by atoms with van der Waals surface area (Å²) in [5.41, 5.74) is 8.26. The van der Waals surface area contributed by atoms with Crippen molar-refractivity contribution in [3.05, 3.63) is 29.8 Å². The summed E-state index contributed by atoms with van der Waals surface area (Å²) in [6.07, 6.45) is 5.94. The summed E-state index contributed by atoms with van der Waals surface area (Å²) in [4.78, 5) is 0. The third-order valence-electron chi connectivity index (χ3n) is 5.08. The van der Waals surface area contributed by atoms with Crippen LogP contribution in [0.4, 0.5) is 0 Å². The van der Waals surface area contributed by atoms with Crippen LogP contribution in [0.15, 0.2) is 24.3 Å². The largest absolute Gasteiger partial charge is 0.494 e. The number of rotatable bonds is 3. The van der Waals surface area contributed by atoms with Gasteiger partial charge in [0.15, 0.2) is 0 Å². The summed E-state index contributed by atoms with van der Waals surface area (Å²) in [6.45, 7) is 9.80. The molecule has 2 atom stereocenters. The highest BCUT2D eigenvalue weighted by molar-refractivity contribution is 5.32. The van der Waals surface area contributed by atoms with E-state index in [2.05, 4.69) is 45.0 Å². The zero-order chi connectivity index (χ0) is 15.5. The van der Waals surface area contributed by atoms with Gasteiger partial charge in [-0.2, -0.15) is 0 Å². The van der Waals surface area contributed by atoms with E-state index in [9.17, 15) is 0 Å². The molecule has 0 radical (unpaired) electrons. The molecule has 1 aliphatic rings. The van der Waals surface area contributed by atoms with Crippen molar-refractivity contribution in [3.63, 3.8) is 0 Å². The molecule has 2 unspecified atom stereocenters. The number of benzene rings is 1. The highest BCUT2D eigenvalue weighted by Gasteiger charge is 2.34. The van der Waals surface area contributed by atoms with Gasteiger partial charge in [0.05, 0.1) is 6.61 Å². The molecular weight excluding hydrogens is 258 g/mol. The van der Waals surface area contributed by atoms with Crippen molar-refractivity contribution in [2.45, 2.75) is 65.3 Å². The molecule has 2 N–H and O–H groups in total. The van der Waals surface area contributed by atoms with E-state index in [-0.39, 0.29) is 5.54 Å². The molecule has 1 aliphatic carbocycles. The average Bonchev–Trinajstić information content (AvgIpc) is 2.62. The Morgan fingerprint density at radius 1 is 1.14 bits per heavy atom. The van der Waals surface area contributed by atoms with Gasteiger partial charge in [-0.15, -0.1) is 0 Å². The van der Waals surface area contributed by atoms with E-state index in [1.807, 2.05) is 6.92 Å². The van der Waals surface area contributed by atoms with E-state index >= 15 is 0 Å². The molecule has 0 aromatic heterocycles. The van der Waals surface area contributed by atoms with E-state index in [4.69, 9.17) is 10.5 Å². The third-order valence-corrected chi connectivity index (χ3v) is 5.08. The first kappa shape index (κ1) is 16.4. The molecule has 0 saturated heterocycles. The van der Waals surface area contributed by atoms with Gasteiger partial charge in [0.2, 0.25) is 0 Å². The summed E-state index contributed by atoms with van der Waals surface area (Å²) >= 11 is 0. The van der Waals surface area contributed by atoms with Crippen molar-refractivity contribution in [3.8, 4) is 5.75 Å². The average molecular weight is 289 g/mol. The molecule has 1 aromatic carbocycles. The maximum atomic E-state index is 6.77. The van der Waals surface area contributed by atoms with Crippen molar-refractivity contribution in [2.24, 2.45) is 17.1 Å². The van der Waals surface area contributed by atoms with Crippen LogP contribution in [-0.4, -0.2) is 6.61 Å². The fourth-order valence-corrected chi connectivity index (χ4v) is 3.57. The molecule has 1 fully saturated rings. The summed E-state index contributed by atoms with van der Waals surface area (Å²) in [6, 6.07) is 8.42. The van der Waals surface area contributed by atoms with E-state index in [0.29, 0.717) is 12.0 Å². The van der Waals surface area contributed by atoms with Crippen molar-refractivity contribution in [1.29, 1.82) is 0 Å². The molecule has 2 nitrogen and oxygen atoms in total. The van der Waals surface area contributed by atoms with Crippen LogP contribution < -0.4 is 10.5 Å². The molecule has 2 heteroatoms. The molecule has 2 rings (SSSR count). The summed E-state index contributed by atoms with van der Waals surface area (Å²) < 4.78 is 5.53. The second-order valence-electron chi connectivity index (χ2n) is 7.61. The standard InChI is InChI=1S/C19H31NO/c1-5-21-17-10-8-16(9-11-17)19(20)13-6-7-15(12-14-19)18(2,3)4/h8-11,15H,5-7,12-14,20H2,1-4H3. The Morgan fingerprint density at radius 2 is 1.81 bits per heavy atom. The van der Waals surface area contributed by atoms with Gasteiger partial charge in [-0.3, -0.25) is 0 Å². The Bertz CT molecular complexity index is 446. The van der Waals surface area contributed by atoms with Gasteiger partial charge < -0.3 is 10.5 Å². The minimum Gasteiger partial charge on any atom is -0.494 e. The zero-order valence-electron chi connectivity index (χ0n) is 14.1. The lowest BCUT2D eigenvalue weighted by Crippen LogP contribution is -2.36. The molecule has 0 spiro atoms. The fraction of sp³-hybridized carbons (Fsp3) is 0.684. The molecule has 0 bridgehead atoms. The van der Waals surface area contributed by atoms with Gasteiger partial charge in [-0.05, 0) is 61.6 Å². The lowest BCUT2D eigenvalue weighted by Gasteiger charge is -2.32. The Hall–Kier alpha value is -1.02. The minimum absolute atomic E-state index is 0.162. The Kier molecular flexibility index (Phi) is 4.98. The molecule has 0 aliphatic heterocycles. The second-order valence-corrected chi connectivity index (χ2v) is 7.61. The molecule has 0 amide bonds. The summed E-state index contributed by atoms with van der Waals surface area (Å²) in [7, 11) is 0. The Morgan fingerprint density at radius 3 is 2.38 bits per heavy atom. The zero-order valence-corrected chi connectivity index (χ0v) is 14.1. The van der Waals surface area contributed by atoms with E-state index in [0.717, 1.165) is 24.5 Å². The van der Waals surface area contributed by atoms with Gasteiger partial charge in [-0.25, -0.2) is 0 Å². The summed E-state index contributed by atoms with van der Waals surface area (Å²) in [5, 5.41) is 0. The quantitative estimate of drug-likeness (QED) is 0.806. The van der Waals surface area contributed by atoms with Crippen LogP contribution >= 0.6 is 0 Å². The SMILES string of the molecule is CCOc1ccc(C2(N)CCCC(C(C)(C)C)CC2)cc1. The Labute approximate surface area is 130 Å². The van der Waals surface area contributed by atoms with Crippen LogP contribution in [0.3, 0.4) is 0 Å². The van der Waals surface area contributed by atoms with E-state index in [1.165, 1.54) is 24.8 Å². The van der Waals surface area contributed by atoms with Gasteiger partial charge in [0, 0.05) is 5.54 Å². The molecule has 118 valence electrons. The minimum atomic E-state index is -0.162. The number of nitrogens with two attached hydrogens (primary N) is 1. The predicted octanol–water partition coefficient (Wildman–Crippen LogP) is 4.87. The lowest BCUT2D eigenvalue weighted by molar-refractivity contribution is 0.211. The van der Waals surface area contributed by atoms with E-state index in [1.54, 1.807) is 0 Å².